The minimum Gasteiger partial charge on any atom is -0.347 e. The van der Waals surface area contributed by atoms with Crippen LogP contribution in [0.15, 0.2) is 67.0 Å². The van der Waals surface area contributed by atoms with Crippen LogP contribution in [0.4, 0.5) is 0 Å². The highest BCUT2D eigenvalue weighted by Gasteiger charge is 2.07. The summed E-state index contributed by atoms with van der Waals surface area (Å²) in [5.74, 6) is 1.13. The SMILES string of the molecule is c1ccc2c(-n3ccc4ccccc43)[nH]cc2c1. The topological polar surface area (TPSA) is 20.7 Å². The van der Waals surface area contributed by atoms with Crippen molar-refractivity contribution in [3.05, 3.63) is 67.0 Å². The predicted octanol–water partition coefficient (Wildman–Crippen LogP) is 4.11. The molecule has 2 aromatic carbocycles. The van der Waals surface area contributed by atoms with Gasteiger partial charge in [-0.2, -0.15) is 0 Å². The van der Waals surface area contributed by atoms with Crippen LogP contribution < -0.4 is 0 Å². The van der Waals surface area contributed by atoms with Crippen LogP contribution in [0.25, 0.3) is 27.5 Å². The maximum atomic E-state index is 3.37. The highest BCUT2D eigenvalue weighted by atomic mass is 15.1. The van der Waals surface area contributed by atoms with Gasteiger partial charge in [-0.25, -0.2) is 0 Å². The van der Waals surface area contributed by atoms with E-state index in [4.69, 9.17) is 0 Å². The van der Waals surface area contributed by atoms with Crippen LogP contribution in [0.5, 0.6) is 0 Å². The average Bonchev–Trinajstić information content (AvgIpc) is 3.01. The normalized spacial score (nSPS) is 11.3. The monoisotopic (exact) mass is 232 g/mol. The minimum absolute atomic E-state index is 1.13. The van der Waals surface area contributed by atoms with Crippen molar-refractivity contribution in [2.45, 2.75) is 0 Å². The molecule has 1 N–H and O–H groups in total. The van der Waals surface area contributed by atoms with Gasteiger partial charge in [0.15, 0.2) is 0 Å². The first-order chi connectivity index (χ1) is 8.93. The highest BCUT2D eigenvalue weighted by molar-refractivity contribution is 5.92. The van der Waals surface area contributed by atoms with Crippen LogP contribution in [-0.4, -0.2) is 9.55 Å². The Labute approximate surface area is 104 Å². The molecule has 0 aliphatic heterocycles. The van der Waals surface area contributed by atoms with Gasteiger partial charge in [0.05, 0.1) is 5.52 Å². The summed E-state index contributed by atoms with van der Waals surface area (Å²) in [6, 6.07) is 19.0. The fourth-order valence-electron chi connectivity index (χ4n) is 2.54. The molecular formula is C16H12N2. The van der Waals surface area contributed by atoms with Gasteiger partial charge in [0, 0.05) is 23.2 Å². The highest BCUT2D eigenvalue weighted by Crippen LogP contribution is 2.25. The van der Waals surface area contributed by atoms with E-state index < -0.39 is 0 Å². The molecule has 0 radical (unpaired) electrons. The van der Waals surface area contributed by atoms with E-state index in [1.807, 2.05) is 0 Å². The van der Waals surface area contributed by atoms with Gasteiger partial charge in [-0.3, -0.25) is 0 Å². The summed E-state index contributed by atoms with van der Waals surface area (Å²) < 4.78 is 2.21. The van der Waals surface area contributed by atoms with Crippen molar-refractivity contribution >= 4 is 21.7 Å². The smallest absolute Gasteiger partial charge is 0.122 e. The Morgan fingerprint density at radius 3 is 2.50 bits per heavy atom. The summed E-state index contributed by atoms with van der Waals surface area (Å²) in [5, 5.41) is 3.75. The molecule has 0 amide bonds. The number of fused-ring (bicyclic) bond motifs is 2. The van der Waals surface area contributed by atoms with E-state index in [0.29, 0.717) is 0 Å². The van der Waals surface area contributed by atoms with Gasteiger partial charge in [0.25, 0.3) is 0 Å². The zero-order valence-electron chi connectivity index (χ0n) is 9.80. The lowest BCUT2D eigenvalue weighted by molar-refractivity contribution is 1.08. The molecule has 2 heterocycles. The Morgan fingerprint density at radius 1 is 0.778 bits per heavy atom. The summed E-state index contributed by atoms with van der Waals surface area (Å²) >= 11 is 0. The molecule has 18 heavy (non-hydrogen) atoms. The molecule has 86 valence electrons. The summed E-state index contributed by atoms with van der Waals surface area (Å²) in [4.78, 5) is 3.37. The molecule has 0 aliphatic rings. The zero-order chi connectivity index (χ0) is 11.9. The molecule has 0 atom stereocenters. The van der Waals surface area contributed by atoms with Gasteiger partial charge in [0.1, 0.15) is 5.82 Å². The van der Waals surface area contributed by atoms with E-state index in [2.05, 4.69) is 76.5 Å². The lowest BCUT2D eigenvalue weighted by Crippen LogP contribution is -1.91. The number of nitrogens with zero attached hydrogens (tertiary/aromatic N) is 1. The van der Waals surface area contributed by atoms with Crippen LogP contribution in [0, 0.1) is 0 Å². The lowest BCUT2D eigenvalue weighted by atomic mass is 10.2. The summed E-state index contributed by atoms with van der Waals surface area (Å²) in [6.45, 7) is 0. The van der Waals surface area contributed by atoms with Crippen LogP contribution in [0.3, 0.4) is 0 Å². The summed E-state index contributed by atoms with van der Waals surface area (Å²) in [5.41, 5.74) is 1.23. The van der Waals surface area contributed by atoms with Gasteiger partial charge >= 0.3 is 0 Å². The molecule has 0 aliphatic carbocycles. The third kappa shape index (κ3) is 1.23. The Bertz CT molecular complexity index is 764. The van der Waals surface area contributed by atoms with E-state index in [0.717, 1.165) is 5.82 Å². The molecule has 0 bridgehead atoms. The molecule has 0 spiro atoms. The van der Waals surface area contributed by atoms with Gasteiger partial charge in [-0.05, 0) is 17.5 Å². The van der Waals surface area contributed by atoms with E-state index in [-0.39, 0.29) is 0 Å². The third-order valence-corrected chi connectivity index (χ3v) is 3.42. The molecule has 2 heteroatoms. The molecule has 2 aromatic heterocycles. The number of H-pyrrole nitrogens is 1. The summed E-state index contributed by atoms with van der Waals surface area (Å²) in [6.07, 6.45) is 4.17. The van der Waals surface area contributed by atoms with Crippen molar-refractivity contribution in [3.8, 4) is 5.82 Å². The van der Waals surface area contributed by atoms with Crippen LogP contribution in [0.2, 0.25) is 0 Å². The first kappa shape index (κ1) is 9.54. The molecule has 4 aromatic rings. The van der Waals surface area contributed by atoms with Crippen LogP contribution >= 0.6 is 0 Å². The van der Waals surface area contributed by atoms with Crippen LogP contribution in [-0.2, 0) is 0 Å². The van der Waals surface area contributed by atoms with Crippen molar-refractivity contribution in [1.29, 1.82) is 0 Å². The number of para-hydroxylation sites is 1. The largest absolute Gasteiger partial charge is 0.347 e. The Hall–Kier alpha value is -2.48. The van der Waals surface area contributed by atoms with Gasteiger partial charge < -0.3 is 9.55 Å². The van der Waals surface area contributed by atoms with E-state index >= 15 is 0 Å². The molecule has 2 nitrogen and oxygen atoms in total. The fraction of sp³-hybridized carbons (Fsp3) is 0. The molecule has 0 fully saturated rings. The van der Waals surface area contributed by atoms with Crippen molar-refractivity contribution in [3.63, 3.8) is 0 Å². The number of rotatable bonds is 1. The second-order valence-electron chi connectivity index (χ2n) is 4.47. The molecule has 0 saturated carbocycles. The first-order valence-corrected chi connectivity index (χ1v) is 6.06. The van der Waals surface area contributed by atoms with Gasteiger partial charge in [-0.1, -0.05) is 42.5 Å². The number of hydrogen-bond donors (Lipinski definition) is 1. The average molecular weight is 232 g/mol. The standard InChI is InChI=1S/C16H12N2/c1-3-7-14-13(6-1)11-17-16(14)18-10-9-12-5-2-4-8-15(12)18/h1-11,17H. The van der Waals surface area contributed by atoms with Gasteiger partial charge in [0.2, 0.25) is 0 Å². The number of aromatic amines is 1. The quantitative estimate of drug-likeness (QED) is 0.510. The van der Waals surface area contributed by atoms with Crippen molar-refractivity contribution in [1.82, 2.24) is 9.55 Å². The Morgan fingerprint density at radius 2 is 1.56 bits per heavy atom. The Kier molecular flexibility index (Phi) is 1.86. The maximum absolute atomic E-state index is 3.37. The predicted molar refractivity (Wildman–Crippen MR) is 75.1 cm³/mol. The van der Waals surface area contributed by atoms with E-state index in [9.17, 15) is 0 Å². The molecule has 0 saturated heterocycles. The Balaban J connectivity index is 2.08. The fourth-order valence-corrected chi connectivity index (χ4v) is 2.54. The van der Waals surface area contributed by atoms with Crippen molar-refractivity contribution in [2.75, 3.05) is 0 Å². The number of hydrogen-bond acceptors (Lipinski definition) is 0. The van der Waals surface area contributed by atoms with Crippen molar-refractivity contribution < 1.29 is 0 Å². The molecule has 0 unspecified atom stereocenters. The number of nitrogens with one attached hydrogen (secondary N) is 1. The summed E-state index contributed by atoms with van der Waals surface area (Å²) in [7, 11) is 0. The first-order valence-electron chi connectivity index (χ1n) is 6.06. The van der Waals surface area contributed by atoms with Crippen LogP contribution in [0.1, 0.15) is 0 Å². The zero-order valence-corrected chi connectivity index (χ0v) is 9.80. The lowest BCUT2D eigenvalue weighted by Gasteiger charge is -2.03. The molecular weight excluding hydrogens is 220 g/mol. The minimum atomic E-state index is 1.13. The number of aromatic nitrogens is 2. The van der Waals surface area contributed by atoms with Gasteiger partial charge in [-0.15, -0.1) is 0 Å². The second-order valence-corrected chi connectivity index (χ2v) is 4.47. The maximum Gasteiger partial charge on any atom is 0.122 e. The van der Waals surface area contributed by atoms with E-state index in [1.165, 1.54) is 21.7 Å². The second kappa shape index (κ2) is 3.50. The molecule has 4 rings (SSSR count). The van der Waals surface area contributed by atoms with Crippen molar-refractivity contribution in [2.24, 2.45) is 0 Å². The van der Waals surface area contributed by atoms with E-state index in [1.54, 1.807) is 0 Å². The third-order valence-electron chi connectivity index (χ3n) is 3.42. The number of benzene rings is 2.